The van der Waals surface area contributed by atoms with Crippen LogP contribution in [0.4, 0.5) is 0 Å². The molecule has 8 heteroatoms. The summed E-state index contributed by atoms with van der Waals surface area (Å²) in [6, 6.07) is 4.55. The number of benzene rings is 1. The van der Waals surface area contributed by atoms with E-state index in [0.29, 0.717) is 16.5 Å². The zero-order chi connectivity index (χ0) is 18.4. The maximum atomic E-state index is 11.8. The maximum Gasteiger partial charge on any atom is 0.310 e. The van der Waals surface area contributed by atoms with Gasteiger partial charge in [0.1, 0.15) is 11.3 Å². The number of hydrogen-bond donors (Lipinski definition) is 3. The predicted molar refractivity (Wildman–Crippen MR) is 88.8 cm³/mol. The largest absolute Gasteiger partial charge is 0.508 e. The molecule has 1 heterocycles. The topological polar surface area (TPSA) is 118 Å². The van der Waals surface area contributed by atoms with Crippen molar-refractivity contribution in [3.05, 3.63) is 30.0 Å². The SMILES string of the molecule is CC(C)NC(=O)CNC(=O)COC(=O)Cc1coc2cc(O)ccc12. The Labute approximate surface area is 144 Å². The first-order valence-electron chi connectivity index (χ1n) is 7.76. The van der Waals surface area contributed by atoms with E-state index in [4.69, 9.17) is 9.15 Å². The third-order valence-corrected chi connectivity index (χ3v) is 3.23. The molecular formula is C17H20N2O6. The van der Waals surface area contributed by atoms with Crippen LogP contribution in [0.3, 0.4) is 0 Å². The van der Waals surface area contributed by atoms with E-state index in [0.717, 1.165) is 0 Å². The highest BCUT2D eigenvalue weighted by Gasteiger charge is 2.14. The molecule has 0 spiro atoms. The van der Waals surface area contributed by atoms with E-state index in [2.05, 4.69) is 10.6 Å². The van der Waals surface area contributed by atoms with Crippen molar-refractivity contribution in [2.24, 2.45) is 0 Å². The average molecular weight is 348 g/mol. The van der Waals surface area contributed by atoms with Crippen molar-refractivity contribution in [2.75, 3.05) is 13.2 Å². The van der Waals surface area contributed by atoms with Crippen molar-refractivity contribution in [3.63, 3.8) is 0 Å². The number of furan rings is 1. The summed E-state index contributed by atoms with van der Waals surface area (Å²) in [6.45, 7) is 2.97. The smallest absolute Gasteiger partial charge is 0.310 e. The minimum atomic E-state index is -0.599. The summed E-state index contributed by atoms with van der Waals surface area (Å²) in [5, 5.41) is 15.1. The lowest BCUT2D eigenvalue weighted by atomic mass is 10.1. The van der Waals surface area contributed by atoms with Crippen LogP contribution in [0.2, 0.25) is 0 Å². The molecule has 0 radical (unpaired) electrons. The summed E-state index contributed by atoms with van der Waals surface area (Å²) in [5.74, 6) is -1.41. The molecule has 134 valence electrons. The summed E-state index contributed by atoms with van der Waals surface area (Å²) in [6.07, 6.45) is 1.33. The summed E-state index contributed by atoms with van der Waals surface area (Å²) < 4.78 is 10.2. The molecule has 0 aliphatic heterocycles. The Balaban J connectivity index is 1.78. The third-order valence-electron chi connectivity index (χ3n) is 3.23. The first kappa shape index (κ1) is 18.3. The van der Waals surface area contributed by atoms with Crippen LogP contribution < -0.4 is 10.6 Å². The monoisotopic (exact) mass is 348 g/mol. The standard InChI is InChI=1S/C17H20N2O6/c1-10(2)19-15(21)7-18-16(22)9-25-17(23)5-11-8-24-14-6-12(20)3-4-13(11)14/h3-4,6,8,10,20H,5,7,9H2,1-2H3,(H,18,22)(H,19,21). The molecule has 2 amide bonds. The average Bonchev–Trinajstić information content (AvgIpc) is 2.92. The zero-order valence-corrected chi connectivity index (χ0v) is 14.0. The molecule has 0 bridgehead atoms. The molecule has 8 nitrogen and oxygen atoms in total. The molecule has 0 aliphatic rings. The minimum Gasteiger partial charge on any atom is -0.508 e. The number of nitrogens with one attached hydrogen (secondary N) is 2. The molecule has 0 unspecified atom stereocenters. The second-order valence-corrected chi connectivity index (χ2v) is 5.78. The van der Waals surface area contributed by atoms with Crippen LogP contribution in [0.15, 0.2) is 28.9 Å². The number of carbonyl (C=O) groups excluding carboxylic acids is 3. The number of phenols is 1. The Morgan fingerprint density at radius 2 is 2.00 bits per heavy atom. The molecule has 25 heavy (non-hydrogen) atoms. The Morgan fingerprint density at radius 1 is 1.24 bits per heavy atom. The molecule has 0 saturated heterocycles. The molecule has 3 N–H and O–H groups in total. The fraction of sp³-hybridized carbons (Fsp3) is 0.353. The lowest BCUT2D eigenvalue weighted by molar-refractivity contribution is -0.147. The maximum absolute atomic E-state index is 11.8. The highest BCUT2D eigenvalue weighted by molar-refractivity contribution is 5.88. The molecule has 1 aromatic heterocycles. The first-order chi connectivity index (χ1) is 11.8. The van der Waals surface area contributed by atoms with E-state index >= 15 is 0 Å². The van der Waals surface area contributed by atoms with Crippen molar-refractivity contribution in [2.45, 2.75) is 26.3 Å². The van der Waals surface area contributed by atoms with Gasteiger partial charge in [-0.2, -0.15) is 0 Å². The van der Waals surface area contributed by atoms with Gasteiger partial charge >= 0.3 is 5.97 Å². The van der Waals surface area contributed by atoms with Gasteiger partial charge < -0.3 is 24.9 Å². The van der Waals surface area contributed by atoms with E-state index in [1.54, 1.807) is 6.07 Å². The van der Waals surface area contributed by atoms with Crippen LogP contribution in [-0.4, -0.2) is 42.1 Å². The van der Waals surface area contributed by atoms with Gasteiger partial charge in [-0.25, -0.2) is 0 Å². The van der Waals surface area contributed by atoms with Gasteiger partial charge in [-0.3, -0.25) is 14.4 Å². The van der Waals surface area contributed by atoms with Crippen LogP contribution in [0.5, 0.6) is 5.75 Å². The first-order valence-corrected chi connectivity index (χ1v) is 7.76. The van der Waals surface area contributed by atoms with Crippen LogP contribution in [0.1, 0.15) is 19.4 Å². The molecule has 1 aromatic carbocycles. The van der Waals surface area contributed by atoms with Crippen molar-refractivity contribution in [3.8, 4) is 5.75 Å². The van der Waals surface area contributed by atoms with E-state index in [9.17, 15) is 19.5 Å². The summed E-state index contributed by atoms with van der Waals surface area (Å²) >= 11 is 0. The fourth-order valence-electron chi connectivity index (χ4n) is 2.16. The van der Waals surface area contributed by atoms with Crippen molar-refractivity contribution in [1.29, 1.82) is 0 Å². The quantitative estimate of drug-likeness (QED) is 0.639. The lowest BCUT2D eigenvalue weighted by Gasteiger charge is -2.09. The van der Waals surface area contributed by atoms with E-state index in [1.807, 2.05) is 13.8 Å². The number of phenolic OH excluding ortho intramolecular Hbond substituents is 1. The third kappa shape index (κ3) is 5.52. The van der Waals surface area contributed by atoms with Gasteiger partial charge in [0.05, 0.1) is 19.2 Å². The van der Waals surface area contributed by atoms with Gasteiger partial charge in [0.15, 0.2) is 6.61 Å². The molecule has 2 aromatic rings. The van der Waals surface area contributed by atoms with Crippen LogP contribution >= 0.6 is 0 Å². The van der Waals surface area contributed by atoms with E-state index in [1.165, 1.54) is 18.4 Å². The summed E-state index contributed by atoms with van der Waals surface area (Å²) in [5.41, 5.74) is 1.05. The van der Waals surface area contributed by atoms with E-state index in [-0.39, 0.29) is 30.7 Å². The van der Waals surface area contributed by atoms with Gasteiger partial charge in [-0.1, -0.05) is 0 Å². The highest BCUT2D eigenvalue weighted by atomic mass is 16.5. The van der Waals surface area contributed by atoms with Gasteiger partial charge in [0.2, 0.25) is 5.91 Å². The van der Waals surface area contributed by atoms with Crippen LogP contribution in [0, 0.1) is 0 Å². The number of ether oxygens (including phenoxy) is 1. The number of hydrogen-bond acceptors (Lipinski definition) is 6. The highest BCUT2D eigenvalue weighted by Crippen LogP contribution is 2.25. The Hall–Kier alpha value is -3.03. The summed E-state index contributed by atoms with van der Waals surface area (Å²) in [7, 11) is 0. The van der Waals surface area contributed by atoms with Gasteiger partial charge in [-0.15, -0.1) is 0 Å². The molecule has 0 fully saturated rings. The van der Waals surface area contributed by atoms with Gasteiger partial charge in [0, 0.05) is 23.1 Å². The number of rotatable bonds is 7. The Bertz CT molecular complexity index is 781. The molecule has 0 atom stereocenters. The molecule has 0 saturated carbocycles. The summed E-state index contributed by atoms with van der Waals surface area (Å²) in [4.78, 5) is 34.8. The predicted octanol–water partition coefficient (Wildman–Crippen LogP) is 0.865. The van der Waals surface area contributed by atoms with Gasteiger partial charge in [0.25, 0.3) is 5.91 Å². The second-order valence-electron chi connectivity index (χ2n) is 5.78. The zero-order valence-electron chi connectivity index (χ0n) is 14.0. The second kappa shape index (κ2) is 8.18. The number of carbonyl (C=O) groups is 3. The number of amides is 2. The van der Waals surface area contributed by atoms with Gasteiger partial charge in [-0.05, 0) is 26.0 Å². The number of aromatic hydroxyl groups is 1. The molecular weight excluding hydrogens is 328 g/mol. The minimum absolute atomic E-state index is 0.0195. The van der Waals surface area contributed by atoms with E-state index < -0.39 is 18.5 Å². The van der Waals surface area contributed by atoms with Crippen molar-refractivity contribution in [1.82, 2.24) is 10.6 Å². The number of fused-ring (bicyclic) bond motifs is 1. The molecule has 2 rings (SSSR count). The molecule has 0 aliphatic carbocycles. The fourth-order valence-corrected chi connectivity index (χ4v) is 2.16. The Kier molecular flexibility index (Phi) is 5.99. The lowest BCUT2D eigenvalue weighted by Crippen LogP contribution is -2.41. The number of esters is 1. The van der Waals surface area contributed by atoms with Crippen molar-refractivity contribution >= 4 is 28.8 Å². The van der Waals surface area contributed by atoms with Crippen LogP contribution in [-0.2, 0) is 25.5 Å². The van der Waals surface area contributed by atoms with Crippen LogP contribution in [0.25, 0.3) is 11.0 Å². The Morgan fingerprint density at radius 3 is 2.72 bits per heavy atom. The normalized spacial score (nSPS) is 10.7. The van der Waals surface area contributed by atoms with Crippen molar-refractivity contribution < 1.29 is 28.6 Å².